The Morgan fingerprint density at radius 1 is 1.35 bits per heavy atom. The maximum atomic E-state index is 11.7. The van der Waals surface area contributed by atoms with Gasteiger partial charge in [-0.2, -0.15) is 0 Å². The van der Waals surface area contributed by atoms with E-state index in [2.05, 4.69) is 5.32 Å². The maximum absolute atomic E-state index is 11.7. The molecule has 0 saturated heterocycles. The van der Waals surface area contributed by atoms with Crippen LogP contribution in [0.5, 0.6) is 5.75 Å². The third-order valence-electron chi connectivity index (χ3n) is 3.20. The van der Waals surface area contributed by atoms with E-state index >= 15 is 0 Å². The van der Waals surface area contributed by atoms with Gasteiger partial charge in [-0.15, -0.1) is 0 Å². The van der Waals surface area contributed by atoms with E-state index in [4.69, 9.17) is 9.84 Å². The predicted molar refractivity (Wildman–Crippen MR) is 75.7 cm³/mol. The van der Waals surface area contributed by atoms with E-state index in [9.17, 15) is 9.59 Å². The van der Waals surface area contributed by atoms with Crippen molar-refractivity contribution in [2.45, 2.75) is 33.2 Å². The lowest BCUT2D eigenvalue weighted by molar-refractivity contribution is -0.142. The molecular weight excluding hydrogens is 258 g/mol. The van der Waals surface area contributed by atoms with Crippen molar-refractivity contribution in [3.05, 3.63) is 29.8 Å². The molecule has 1 rings (SSSR count). The standard InChI is InChI=1S/C15H21NO4/c1-4-12-6-5-7-13(8-12)20-9-14(17)16-11(3)10(2)15(18)19/h5-8,10-11H,4,9H2,1-3H3,(H,16,17)(H,18,19). The van der Waals surface area contributed by atoms with Gasteiger partial charge >= 0.3 is 5.97 Å². The smallest absolute Gasteiger partial charge is 0.308 e. The van der Waals surface area contributed by atoms with Gasteiger partial charge in [0.2, 0.25) is 0 Å². The molecule has 1 aromatic carbocycles. The van der Waals surface area contributed by atoms with Gasteiger partial charge in [-0.25, -0.2) is 0 Å². The fourth-order valence-corrected chi connectivity index (χ4v) is 1.64. The van der Waals surface area contributed by atoms with Crippen molar-refractivity contribution in [1.29, 1.82) is 0 Å². The van der Waals surface area contributed by atoms with Crippen LogP contribution in [0.3, 0.4) is 0 Å². The molecule has 0 spiro atoms. The molecule has 0 bridgehead atoms. The zero-order valence-electron chi connectivity index (χ0n) is 12.1. The highest BCUT2D eigenvalue weighted by atomic mass is 16.5. The lowest BCUT2D eigenvalue weighted by atomic mass is 10.0. The second-order valence-electron chi connectivity index (χ2n) is 4.77. The molecule has 0 aromatic heterocycles. The molecule has 20 heavy (non-hydrogen) atoms. The highest BCUT2D eigenvalue weighted by Gasteiger charge is 2.20. The number of aryl methyl sites for hydroxylation is 1. The number of carbonyl (C=O) groups excluding carboxylic acids is 1. The normalized spacial score (nSPS) is 13.3. The quantitative estimate of drug-likeness (QED) is 0.798. The minimum Gasteiger partial charge on any atom is -0.484 e. The Morgan fingerprint density at radius 3 is 2.65 bits per heavy atom. The number of carbonyl (C=O) groups is 2. The molecule has 0 aliphatic rings. The summed E-state index contributed by atoms with van der Waals surface area (Å²) in [4.78, 5) is 22.5. The Morgan fingerprint density at radius 2 is 2.05 bits per heavy atom. The number of amides is 1. The van der Waals surface area contributed by atoms with Crippen molar-refractivity contribution in [2.75, 3.05) is 6.61 Å². The molecule has 0 aliphatic heterocycles. The Kier molecular flexibility index (Phi) is 6.03. The zero-order chi connectivity index (χ0) is 15.1. The lowest BCUT2D eigenvalue weighted by Gasteiger charge is -2.17. The lowest BCUT2D eigenvalue weighted by Crippen LogP contribution is -2.42. The van der Waals surface area contributed by atoms with Crippen molar-refractivity contribution in [2.24, 2.45) is 5.92 Å². The van der Waals surface area contributed by atoms with Gasteiger partial charge in [-0.05, 0) is 38.0 Å². The van der Waals surface area contributed by atoms with Gasteiger partial charge in [0.1, 0.15) is 5.75 Å². The molecule has 0 aliphatic carbocycles. The molecule has 1 aromatic rings. The average molecular weight is 279 g/mol. The van der Waals surface area contributed by atoms with E-state index in [-0.39, 0.29) is 12.5 Å². The molecule has 0 heterocycles. The molecule has 110 valence electrons. The number of aliphatic carboxylic acids is 1. The molecule has 1 amide bonds. The molecule has 2 atom stereocenters. The van der Waals surface area contributed by atoms with Crippen molar-refractivity contribution in [1.82, 2.24) is 5.32 Å². The summed E-state index contributed by atoms with van der Waals surface area (Å²) < 4.78 is 5.39. The van der Waals surface area contributed by atoms with E-state index in [0.29, 0.717) is 5.75 Å². The molecular formula is C15H21NO4. The number of benzene rings is 1. The first kappa shape index (κ1) is 16.0. The number of nitrogens with one attached hydrogen (secondary N) is 1. The minimum atomic E-state index is -0.936. The number of rotatable bonds is 7. The molecule has 5 nitrogen and oxygen atoms in total. The first-order chi connectivity index (χ1) is 9.43. The van der Waals surface area contributed by atoms with Gasteiger partial charge in [0.05, 0.1) is 5.92 Å². The van der Waals surface area contributed by atoms with Crippen LogP contribution in [0.2, 0.25) is 0 Å². The van der Waals surface area contributed by atoms with Crippen LogP contribution < -0.4 is 10.1 Å². The number of carboxylic acid groups (broad SMARTS) is 1. The van der Waals surface area contributed by atoms with Crippen LogP contribution in [0.15, 0.2) is 24.3 Å². The molecule has 0 fully saturated rings. The maximum Gasteiger partial charge on any atom is 0.308 e. The summed E-state index contributed by atoms with van der Waals surface area (Å²) in [5.74, 6) is -1.26. The van der Waals surface area contributed by atoms with Crippen LogP contribution in [-0.4, -0.2) is 29.6 Å². The number of hydrogen-bond acceptors (Lipinski definition) is 3. The molecule has 0 radical (unpaired) electrons. The molecule has 5 heteroatoms. The third-order valence-corrected chi connectivity index (χ3v) is 3.20. The Labute approximate surface area is 118 Å². The monoisotopic (exact) mass is 279 g/mol. The fourth-order valence-electron chi connectivity index (χ4n) is 1.64. The summed E-state index contributed by atoms with van der Waals surface area (Å²) >= 11 is 0. The van der Waals surface area contributed by atoms with Gasteiger partial charge in [0.25, 0.3) is 5.91 Å². The van der Waals surface area contributed by atoms with Crippen LogP contribution in [0, 0.1) is 5.92 Å². The van der Waals surface area contributed by atoms with Crippen LogP contribution in [0.4, 0.5) is 0 Å². The summed E-state index contributed by atoms with van der Waals surface area (Å²) in [5.41, 5.74) is 1.13. The van der Waals surface area contributed by atoms with E-state index < -0.39 is 17.9 Å². The molecule has 2 N–H and O–H groups in total. The highest BCUT2D eigenvalue weighted by Crippen LogP contribution is 2.13. The van der Waals surface area contributed by atoms with Gasteiger partial charge in [-0.3, -0.25) is 9.59 Å². The third kappa shape index (κ3) is 4.91. The van der Waals surface area contributed by atoms with Crippen molar-refractivity contribution in [3.63, 3.8) is 0 Å². The largest absolute Gasteiger partial charge is 0.484 e. The Bertz CT molecular complexity index is 473. The first-order valence-electron chi connectivity index (χ1n) is 6.68. The number of hydrogen-bond donors (Lipinski definition) is 2. The van der Waals surface area contributed by atoms with Crippen LogP contribution in [0.1, 0.15) is 26.3 Å². The fraction of sp³-hybridized carbons (Fsp3) is 0.467. The van der Waals surface area contributed by atoms with Crippen LogP contribution >= 0.6 is 0 Å². The second kappa shape index (κ2) is 7.53. The Balaban J connectivity index is 2.45. The zero-order valence-corrected chi connectivity index (χ0v) is 12.1. The Hall–Kier alpha value is -2.04. The van der Waals surface area contributed by atoms with E-state index in [0.717, 1.165) is 12.0 Å². The number of ether oxygens (including phenoxy) is 1. The van der Waals surface area contributed by atoms with Crippen molar-refractivity contribution in [3.8, 4) is 5.75 Å². The van der Waals surface area contributed by atoms with E-state index in [1.165, 1.54) is 0 Å². The van der Waals surface area contributed by atoms with Crippen molar-refractivity contribution >= 4 is 11.9 Å². The summed E-state index contributed by atoms with van der Waals surface area (Å²) in [6.45, 7) is 5.14. The SMILES string of the molecule is CCc1cccc(OCC(=O)NC(C)C(C)C(=O)O)c1. The van der Waals surface area contributed by atoms with Gasteiger partial charge in [0.15, 0.2) is 6.61 Å². The average Bonchev–Trinajstić information content (AvgIpc) is 2.44. The molecule has 2 unspecified atom stereocenters. The number of carboxylic acids is 1. The topological polar surface area (TPSA) is 75.6 Å². The van der Waals surface area contributed by atoms with Gasteiger partial charge < -0.3 is 15.2 Å². The summed E-state index contributed by atoms with van der Waals surface area (Å²) in [6, 6.07) is 7.10. The first-order valence-corrected chi connectivity index (χ1v) is 6.68. The van der Waals surface area contributed by atoms with Crippen molar-refractivity contribution < 1.29 is 19.4 Å². The second-order valence-corrected chi connectivity index (χ2v) is 4.77. The summed E-state index contributed by atoms with van der Waals surface area (Å²) in [7, 11) is 0. The summed E-state index contributed by atoms with van der Waals surface area (Å²) in [5, 5.41) is 11.5. The summed E-state index contributed by atoms with van der Waals surface area (Å²) in [6.07, 6.45) is 0.899. The molecule has 0 saturated carbocycles. The van der Waals surface area contributed by atoms with E-state index in [1.807, 2.05) is 25.1 Å². The predicted octanol–water partition coefficient (Wildman–Crippen LogP) is 1.85. The van der Waals surface area contributed by atoms with Gasteiger partial charge in [0, 0.05) is 6.04 Å². The highest BCUT2D eigenvalue weighted by molar-refractivity contribution is 5.79. The van der Waals surface area contributed by atoms with Crippen LogP contribution in [-0.2, 0) is 16.0 Å². The van der Waals surface area contributed by atoms with Gasteiger partial charge in [-0.1, -0.05) is 19.1 Å². The van der Waals surface area contributed by atoms with Crippen LogP contribution in [0.25, 0.3) is 0 Å². The minimum absolute atomic E-state index is 0.121. The van der Waals surface area contributed by atoms with E-state index in [1.54, 1.807) is 19.9 Å².